The van der Waals surface area contributed by atoms with Gasteiger partial charge >= 0.3 is 0 Å². The van der Waals surface area contributed by atoms with Gasteiger partial charge in [-0.2, -0.15) is 10.1 Å². The van der Waals surface area contributed by atoms with E-state index in [-0.39, 0.29) is 17.2 Å². The Balaban J connectivity index is 1.91. The first-order valence-corrected chi connectivity index (χ1v) is 7.89. The Morgan fingerprint density at radius 2 is 2.29 bits per heavy atom. The summed E-state index contributed by atoms with van der Waals surface area (Å²) < 4.78 is 1.82. The van der Waals surface area contributed by atoms with Crippen molar-refractivity contribution in [3.8, 4) is 0 Å². The molecule has 2 aromatic heterocycles. The van der Waals surface area contributed by atoms with Crippen LogP contribution in [0.15, 0.2) is 35.1 Å². The maximum Gasteiger partial charge on any atom is 0.226 e. The van der Waals surface area contributed by atoms with E-state index < -0.39 is 0 Å². The highest BCUT2D eigenvalue weighted by Gasteiger charge is 2.41. The molecule has 0 aromatic carbocycles. The monoisotopic (exact) mass is 300 g/mol. The molecule has 0 spiro atoms. The number of carbonyl (C=O) groups excluding carboxylic acids is 1. The van der Waals surface area contributed by atoms with Crippen LogP contribution in [0.3, 0.4) is 0 Å². The molecule has 1 aliphatic carbocycles. The first kappa shape index (κ1) is 12.8. The minimum Gasteiger partial charge on any atom is -0.328 e. The second-order valence-corrected chi connectivity index (χ2v) is 7.38. The molecule has 6 heteroatoms. The number of hydrogen-bond donors (Lipinski definition) is 1. The van der Waals surface area contributed by atoms with E-state index in [0.29, 0.717) is 6.42 Å². The lowest BCUT2D eigenvalue weighted by atomic mass is 9.73. The third kappa shape index (κ3) is 1.93. The zero-order valence-electron chi connectivity index (χ0n) is 12.0. The average Bonchev–Trinajstić information content (AvgIpc) is 3.05. The fourth-order valence-electron chi connectivity index (χ4n) is 3.26. The van der Waals surface area contributed by atoms with Crippen LogP contribution in [-0.4, -0.2) is 20.5 Å². The molecule has 1 aliphatic heterocycles. The normalized spacial score (nSPS) is 23.5. The number of fused-ring (bicyclic) bond motifs is 1. The van der Waals surface area contributed by atoms with Crippen LogP contribution >= 0.6 is 11.3 Å². The van der Waals surface area contributed by atoms with Gasteiger partial charge in [-0.25, -0.2) is 4.68 Å². The first-order valence-electron chi connectivity index (χ1n) is 7.01. The molecule has 5 nitrogen and oxygen atoms in total. The van der Waals surface area contributed by atoms with Crippen LogP contribution in [0.25, 0.3) is 0 Å². The number of Topliss-reactive ketones (excluding diaryl/α,β-unsaturated/α-hetero) is 1. The molecule has 2 aromatic rings. The molecule has 4 rings (SSSR count). The Labute approximate surface area is 126 Å². The Morgan fingerprint density at radius 3 is 3.05 bits per heavy atom. The largest absolute Gasteiger partial charge is 0.328 e. The van der Waals surface area contributed by atoms with Crippen molar-refractivity contribution in [1.82, 2.24) is 14.8 Å². The number of rotatable bonds is 1. The van der Waals surface area contributed by atoms with Gasteiger partial charge in [-0.1, -0.05) is 19.9 Å². The van der Waals surface area contributed by atoms with Crippen LogP contribution in [0, 0.1) is 5.41 Å². The van der Waals surface area contributed by atoms with Crippen molar-refractivity contribution in [2.75, 3.05) is 5.32 Å². The van der Waals surface area contributed by atoms with Crippen LogP contribution in [0.4, 0.5) is 5.95 Å². The van der Waals surface area contributed by atoms with Gasteiger partial charge in [0.05, 0.1) is 0 Å². The molecule has 108 valence electrons. The smallest absolute Gasteiger partial charge is 0.226 e. The summed E-state index contributed by atoms with van der Waals surface area (Å²) in [5.41, 5.74) is 1.86. The maximum atomic E-state index is 12.7. The maximum absolute atomic E-state index is 12.7. The van der Waals surface area contributed by atoms with Gasteiger partial charge < -0.3 is 5.32 Å². The quantitative estimate of drug-likeness (QED) is 0.879. The van der Waals surface area contributed by atoms with Gasteiger partial charge in [0.25, 0.3) is 0 Å². The Morgan fingerprint density at radius 1 is 1.43 bits per heavy atom. The summed E-state index contributed by atoms with van der Waals surface area (Å²) >= 11 is 1.65. The number of thiophene rings is 1. The van der Waals surface area contributed by atoms with Gasteiger partial charge in [0, 0.05) is 22.6 Å². The zero-order valence-corrected chi connectivity index (χ0v) is 12.8. The third-order valence-electron chi connectivity index (χ3n) is 4.09. The topological polar surface area (TPSA) is 59.8 Å². The molecule has 0 amide bonds. The number of nitrogens with one attached hydrogen (secondary N) is 1. The summed E-state index contributed by atoms with van der Waals surface area (Å²) in [5, 5.41) is 9.66. The molecule has 0 saturated heterocycles. The van der Waals surface area contributed by atoms with Crippen molar-refractivity contribution >= 4 is 23.1 Å². The molecule has 2 aliphatic rings. The summed E-state index contributed by atoms with van der Waals surface area (Å²) in [6, 6.07) is 3.93. The molecular weight excluding hydrogens is 284 g/mol. The van der Waals surface area contributed by atoms with Gasteiger partial charge in [-0.05, 0) is 23.3 Å². The van der Waals surface area contributed by atoms with Crippen molar-refractivity contribution < 1.29 is 4.79 Å². The second kappa shape index (κ2) is 4.27. The van der Waals surface area contributed by atoms with Crippen LogP contribution in [0.2, 0.25) is 0 Å². The molecule has 0 radical (unpaired) electrons. The lowest BCUT2D eigenvalue weighted by molar-refractivity contribution is -0.118. The molecular formula is C15H16N4OS. The fraction of sp³-hybridized carbons (Fsp3) is 0.400. The van der Waals surface area contributed by atoms with Crippen LogP contribution < -0.4 is 5.32 Å². The SMILES string of the molecule is CC1(C)CC(=O)C2=C(C1)Nc1ncnn1[C@@H]2c1cccs1. The molecule has 3 heterocycles. The van der Waals surface area contributed by atoms with Crippen molar-refractivity contribution in [2.24, 2.45) is 5.41 Å². The number of nitrogens with zero attached hydrogens (tertiary/aromatic N) is 3. The highest BCUT2D eigenvalue weighted by Crippen LogP contribution is 2.45. The molecule has 0 bridgehead atoms. The van der Waals surface area contributed by atoms with Gasteiger partial charge in [0.15, 0.2) is 5.78 Å². The Kier molecular flexibility index (Phi) is 2.60. The molecule has 1 atom stereocenters. The van der Waals surface area contributed by atoms with E-state index in [2.05, 4.69) is 35.3 Å². The molecule has 0 saturated carbocycles. The summed E-state index contributed by atoms with van der Waals surface area (Å²) in [5.74, 6) is 0.936. The minimum atomic E-state index is -0.137. The number of carbonyl (C=O) groups is 1. The number of aromatic nitrogens is 3. The molecule has 1 N–H and O–H groups in total. The van der Waals surface area contributed by atoms with Gasteiger partial charge in [-0.15, -0.1) is 11.3 Å². The van der Waals surface area contributed by atoms with E-state index >= 15 is 0 Å². The van der Waals surface area contributed by atoms with Crippen LogP contribution in [0.5, 0.6) is 0 Å². The van der Waals surface area contributed by atoms with Crippen LogP contribution in [0.1, 0.15) is 37.6 Å². The predicted molar refractivity (Wildman–Crippen MR) is 81.2 cm³/mol. The average molecular weight is 300 g/mol. The number of allylic oxidation sites excluding steroid dienone is 2. The molecule has 21 heavy (non-hydrogen) atoms. The van der Waals surface area contributed by atoms with E-state index in [0.717, 1.165) is 28.5 Å². The third-order valence-corrected chi connectivity index (χ3v) is 5.01. The standard InChI is InChI=1S/C15H16N4OS/c1-15(2)6-9-12(10(20)7-15)13(11-4-3-5-21-11)19-14(18-9)16-8-17-19/h3-5,8,13H,6-7H2,1-2H3,(H,16,17,18)/t13-/m1/s1. The van der Waals surface area contributed by atoms with E-state index in [1.165, 1.54) is 6.33 Å². The second-order valence-electron chi connectivity index (χ2n) is 6.40. The minimum absolute atomic E-state index is 0.00882. The highest BCUT2D eigenvalue weighted by molar-refractivity contribution is 7.10. The lowest BCUT2D eigenvalue weighted by Crippen LogP contribution is -2.36. The molecule has 0 fully saturated rings. The van der Waals surface area contributed by atoms with Crippen molar-refractivity contribution in [3.05, 3.63) is 40.0 Å². The number of anilines is 1. The fourth-order valence-corrected chi connectivity index (χ4v) is 4.08. The van der Waals surface area contributed by atoms with Crippen molar-refractivity contribution in [3.63, 3.8) is 0 Å². The van der Waals surface area contributed by atoms with E-state index in [1.807, 2.05) is 16.1 Å². The predicted octanol–water partition coefficient (Wildman–Crippen LogP) is 3.00. The zero-order chi connectivity index (χ0) is 14.6. The Bertz CT molecular complexity index is 742. The Hall–Kier alpha value is -1.95. The van der Waals surface area contributed by atoms with Gasteiger partial charge in [0.1, 0.15) is 12.4 Å². The molecule has 0 unspecified atom stereocenters. The van der Waals surface area contributed by atoms with Crippen molar-refractivity contribution in [2.45, 2.75) is 32.7 Å². The summed E-state index contributed by atoms with van der Waals surface area (Å²) in [6.07, 6.45) is 2.99. The first-order chi connectivity index (χ1) is 10.1. The summed E-state index contributed by atoms with van der Waals surface area (Å²) in [6.45, 7) is 4.27. The summed E-state index contributed by atoms with van der Waals surface area (Å²) in [4.78, 5) is 18.1. The van der Waals surface area contributed by atoms with E-state index in [4.69, 9.17) is 0 Å². The van der Waals surface area contributed by atoms with E-state index in [1.54, 1.807) is 11.3 Å². The lowest BCUT2D eigenvalue weighted by Gasteiger charge is -2.37. The summed E-state index contributed by atoms with van der Waals surface area (Å²) in [7, 11) is 0. The van der Waals surface area contributed by atoms with Gasteiger partial charge in [0.2, 0.25) is 5.95 Å². The van der Waals surface area contributed by atoms with Gasteiger partial charge in [-0.3, -0.25) is 4.79 Å². The van der Waals surface area contributed by atoms with Crippen LogP contribution in [-0.2, 0) is 4.79 Å². The van der Waals surface area contributed by atoms with E-state index in [9.17, 15) is 4.79 Å². The number of ketones is 1. The number of hydrogen-bond acceptors (Lipinski definition) is 5. The highest BCUT2D eigenvalue weighted by atomic mass is 32.1. The van der Waals surface area contributed by atoms with Crippen molar-refractivity contribution in [1.29, 1.82) is 0 Å².